The van der Waals surface area contributed by atoms with Crippen molar-refractivity contribution in [3.63, 3.8) is 0 Å². The lowest BCUT2D eigenvalue weighted by atomic mass is 10.0. The van der Waals surface area contributed by atoms with E-state index in [1.807, 2.05) is 21.1 Å². The molecule has 0 bridgehead atoms. The number of ether oxygens (including phenoxy) is 2. The normalized spacial score (nSPS) is 13.5. The van der Waals surface area contributed by atoms with Crippen LogP contribution in [0.25, 0.3) is 0 Å². The van der Waals surface area contributed by atoms with Crippen LogP contribution in [0.5, 0.6) is 0 Å². The van der Waals surface area contributed by atoms with E-state index in [0.717, 1.165) is 38.5 Å². The second-order valence-corrected chi connectivity index (χ2v) is 18.2. The largest absolute Gasteiger partial charge is 0.756 e. The second-order valence-electron chi connectivity index (χ2n) is 16.8. The molecule has 0 fully saturated rings. The molecule has 0 aliphatic heterocycles. The van der Waals surface area contributed by atoms with Crippen molar-refractivity contribution < 1.29 is 42.1 Å². The number of phosphoric acid groups is 1. The van der Waals surface area contributed by atoms with E-state index < -0.39 is 26.5 Å². The van der Waals surface area contributed by atoms with Crippen LogP contribution >= 0.6 is 7.82 Å². The molecule has 0 heterocycles. The number of likely N-dealkylation sites (N-methyl/N-ethyl adjacent to an activating group) is 1. The number of nitrogens with zero attached hydrogens (tertiary/aromatic N) is 1. The molecule has 0 aliphatic rings. The van der Waals surface area contributed by atoms with Crippen molar-refractivity contribution in [2.75, 3.05) is 47.5 Å². The average Bonchev–Trinajstić information content (AvgIpc) is 3.12. The maximum absolute atomic E-state index is 12.6. The van der Waals surface area contributed by atoms with Gasteiger partial charge in [0, 0.05) is 12.8 Å². The first-order valence-electron chi connectivity index (χ1n) is 22.7. The van der Waals surface area contributed by atoms with Crippen LogP contribution in [0.3, 0.4) is 0 Å². The van der Waals surface area contributed by atoms with E-state index in [1.54, 1.807) is 0 Å². The highest BCUT2D eigenvalue weighted by Crippen LogP contribution is 2.38. The highest BCUT2D eigenvalue weighted by atomic mass is 31.2. The minimum Gasteiger partial charge on any atom is -0.756 e. The molecule has 0 aliphatic carbocycles. The Morgan fingerprint density at radius 2 is 0.833 bits per heavy atom. The molecule has 2 unspecified atom stereocenters. The highest BCUT2D eigenvalue weighted by Gasteiger charge is 2.21. The maximum Gasteiger partial charge on any atom is 0.306 e. The minimum atomic E-state index is -4.61. The van der Waals surface area contributed by atoms with Crippen LogP contribution in [0, 0.1) is 0 Å². The van der Waals surface area contributed by atoms with E-state index in [9.17, 15) is 19.0 Å². The summed E-state index contributed by atoms with van der Waals surface area (Å²) >= 11 is 0. The number of hydrogen-bond acceptors (Lipinski definition) is 8. The van der Waals surface area contributed by atoms with Gasteiger partial charge in [0.1, 0.15) is 19.8 Å². The van der Waals surface area contributed by atoms with Crippen LogP contribution in [-0.2, 0) is 32.7 Å². The quantitative estimate of drug-likeness (QED) is 0.0260. The Bertz CT molecular complexity index is 896. The van der Waals surface area contributed by atoms with E-state index in [-0.39, 0.29) is 32.0 Å². The van der Waals surface area contributed by atoms with Crippen LogP contribution in [-0.4, -0.2) is 70.0 Å². The molecule has 0 spiro atoms. The van der Waals surface area contributed by atoms with Crippen LogP contribution in [0.1, 0.15) is 219 Å². The molecule has 54 heavy (non-hydrogen) atoms. The summed E-state index contributed by atoms with van der Waals surface area (Å²) in [7, 11) is 1.18. The first-order chi connectivity index (χ1) is 26.0. The predicted octanol–water partition coefficient (Wildman–Crippen LogP) is 12.2. The Labute approximate surface area is 334 Å². The zero-order valence-corrected chi connectivity index (χ0v) is 37.1. The summed E-state index contributed by atoms with van der Waals surface area (Å²) in [6, 6.07) is 0. The van der Waals surface area contributed by atoms with E-state index in [2.05, 4.69) is 13.8 Å². The molecule has 0 amide bonds. The lowest BCUT2D eigenvalue weighted by Gasteiger charge is -2.28. The smallest absolute Gasteiger partial charge is 0.306 e. The van der Waals surface area contributed by atoms with Crippen LogP contribution in [0.2, 0.25) is 0 Å². The van der Waals surface area contributed by atoms with Gasteiger partial charge in [0.05, 0.1) is 27.7 Å². The summed E-state index contributed by atoms with van der Waals surface area (Å²) in [5, 5.41) is 0. The third kappa shape index (κ3) is 40.7. The fourth-order valence-electron chi connectivity index (χ4n) is 6.54. The molecule has 2 atom stereocenters. The Kier molecular flexibility index (Phi) is 36.9. The second kappa shape index (κ2) is 37.6. The first-order valence-corrected chi connectivity index (χ1v) is 24.2. The summed E-state index contributed by atoms with van der Waals surface area (Å²) < 4.78 is 33.8. The number of phosphoric ester groups is 1. The summed E-state index contributed by atoms with van der Waals surface area (Å²) in [4.78, 5) is 37.4. The van der Waals surface area contributed by atoms with E-state index in [0.29, 0.717) is 17.4 Å². The SMILES string of the molecule is CCCCCCCCCCCCCCCCCCCCCCCCC(=O)OCC(COP(=O)([O-])OCC[N+](C)(C)C)OC(=O)CCCCCCCCCC. The van der Waals surface area contributed by atoms with Crippen molar-refractivity contribution in [3.8, 4) is 0 Å². The number of unbranched alkanes of at least 4 members (excludes halogenated alkanes) is 28. The van der Waals surface area contributed by atoms with Gasteiger partial charge >= 0.3 is 11.9 Å². The fourth-order valence-corrected chi connectivity index (χ4v) is 7.27. The van der Waals surface area contributed by atoms with Gasteiger partial charge in [-0.2, -0.15) is 0 Å². The summed E-state index contributed by atoms with van der Waals surface area (Å²) in [5.41, 5.74) is 0. The molecule has 0 aromatic carbocycles. The number of carbonyl (C=O) groups is 2. The molecular weight excluding hydrogens is 701 g/mol. The molecule has 322 valence electrons. The van der Waals surface area contributed by atoms with Gasteiger partial charge in [-0.05, 0) is 12.8 Å². The topological polar surface area (TPSA) is 111 Å². The number of hydrogen-bond donors (Lipinski definition) is 0. The molecule has 0 N–H and O–H groups in total. The first kappa shape index (κ1) is 53.0. The van der Waals surface area contributed by atoms with Crippen LogP contribution in [0.15, 0.2) is 0 Å². The fraction of sp³-hybridized carbons (Fsp3) is 0.955. The van der Waals surface area contributed by atoms with E-state index in [1.165, 1.54) is 148 Å². The van der Waals surface area contributed by atoms with E-state index >= 15 is 0 Å². The molecule has 0 radical (unpaired) electrons. The van der Waals surface area contributed by atoms with Gasteiger partial charge in [0.15, 0.2) is 6.10 Å². The van der Waals surface area contributed by atoms with Crippen LogP contribution in [0.4, 0.5) is 0 Å². The van der Waals surface area contributed by atoms with Crippen molar-refractivity contribution >= 4 is 19.8 Å². The molecule has 10 heteroatoms. The van der Waals surface area contributed by atoms with Gasteiger partial charge in [-0.15, -0.1) is 0 Å². The van der Waals surface area contributed by atoms with Crippen molar-refractivity contribution in [2.24, 2.45) is 0 Å². The maximum atomic E-state index is 12.6. The summed E-state index contributed by atoms with van der Waals surface area (Å²) in [6.45, 7) is 4.22. The number of rotatable bonds is 42. The molecular formula is C44H88NO8P. The lowest BCUT2D eigenvalue weighted by molar-refractivity contribution is -0.870. The average molecular weight is 790 g/mol. The third-order valence-corrected chi connectivity index (χ3v) is 11.1. The molecule has 0 aromatic rings. The van der Waals surface area contributed by atoms with Gasteiger partial charge in [0.2, 0.25) is 0 Å². The zero-order chi connectivity index (χ0) is 40.0. The number of carbonyl (C=O) groups excluding carboxylic acids is 2. The van der Waals surface area contributed by atoms with Crippen LogP contribution < -0.4 is 4.89 Å². The van der Waals surface area contributed by atoms with E-state index in [4.69, 9.17) is 18.5 Å². The summed E-state index contributed by atoms with van der Waals surface area (Å²) in [5.74, 6) is -0.825. The Balaban J connectivity index is 4.09. The highest BCUT2D eigenvalue weighted by molar-refractivity contribution is 7.45. The number of esters is 2. The Morgan fingerprint density at radius 3 is 1.19 bits per heavy atom. The third-order valence-electron chi connectivity index (χ3n) is 10.1. The standard InChI is InChI=1S/C44H88NO8P/c1-6-8-10-12-14-16-17-18-19-20-21-22-23-24-25-26-27-28-29-31-32-34-36-43(46)50-40-42(41-52-54(48,49)51-39-38-45(3,4)5)53-44(47)37-35-33-30-15-13-11-9-7-2/h42H,6-41H2,1-5H3. The van der Waals surface area contributed by atoms with Gasteiger partial charge in [-0.1, -0.05) is 194 Å². The van der Waals surface area contributed by atoms with Gasteiger partial charge in [0.25, 0.3) is 7.82 Å². The van der Waals surface area contributed by atoms with Gasteiger partial charge in [-0.25, -0.2) is 0 Å². The molecule has 0 saturated carbocycles. The van der Waals surface area contributed by atoms with Crippen molar-refractivity contribution in [2.45, 2.75) is 225 Å². The molecule has 9 nitrogen and oxygen atoms in total. The minimum absolute atomic E-state index is 0.0261. The van der Waals surface area contributed by atoms with Gasteiger partial charge in [-0.3, -0.25) is 14.2 Å². The van der Waals surface area contributed by atoms with Crippen molar-refractivity contribution in [3.05, 3.63) is 0 Å². The monoisotopic (exact) mass is 790 g/mol. The van der Waals surface area contributed by atoms with Gasteiger partial charge < -0.3 is 27.9 Å². The molecule has 0 rings (SSSR count). The summed E-state index contributed by atoms with van der Waals surface area (Å²) in [6.07, 6.45) is 37.2. The van der Waals surface area contributed by atoms with Crippen molar-refractivity contribution in [1.29, 1.82) is 0 Å². The Hall–Kier alpha value is -0.990. The predicted molar refractivity (Wildman–Crippen MR) is 222 cm³/mol. The van der Waals surface area contributed by atoms with Crippen molar-refractivity contribution in [1.82, 2.24) is 0 Å². The lowest BCUT2D eigenvalue weighted by Crippen LogP contribution is -2.37. The molecule has 0 aromatic heterocycles. The number of quaternary nitrogens is 1. The molecule has 0 saturated heterocycles. The Morgan fingerprint density at radius 1 is 0.500 bits per heavy atom. The zero-order valence-electron chi connectivity index (χ0n) is 36.2.